The zero-order chi connectivity index (χ0) is 31.4. The quantitative estimate of drug-likeness (QED) is 0.0980. The number of amides is 4. The van der Waals surface area contributed by atoms with E-state index < -0.39 is 28.0 Å². The molecule has 1 fully saturated rings. The van der Waals surface area contributed by atoms with Crippen molar-refractivity contribution in [3.63, 3.8) is 0 Å². The SMILES string of the molecule is C=CCc1cc(C=C2C(=O)N(c3ccccc3)C(=O)N(c3ccccc3)C2=O)cc(OC)c1OS(=O)(=O)c1ccc(C)cc1. The number of para-hydroxylation sites is 2. The van der Waals surface area contributed by atoms with Crippen LogP contribution in [0.2, 0.25) is 0 Å². The minimum absolute atomic E-state index is 0.0361. The Labute approximate surface area is 255 Å². The van der Waals surface area contributed by atoms with Crippen LogP contribution in [0.5, 0.6) is 11.5 Å². The Morgan fingerprint density at radius 1 is 0.795 bits per heavy atom. The molecule has 0 aromatic heterocycles. The van der Waals surface area contributed by atoms with Crippen molar-refractivity contribution >= 4 is 45.4 Å². The highest BCUT2D eigenvalue weighted by Crippen LogP contribution is 2.37. The molecule has 0 radical (unpaired) electrons. The average molecular weight is 609 g/mol. The number of methoxy groups -OCH3 is 1. The normalized spacial score (nSPS) is 13.6. The standard InChI is InChI=1S/C34H28N2O7S/c1-4-11-25-20-24(22-30(42-3)31(25)43-44(40,41)28-18-16-23(2)17-19-28)21-29-32(37)35(26-12-7-5-8-13-26)34(39)36(33(29)38)27-14-9-6-10-15-27/h4-10,12-22H,1,11H2,2-3H3. The van der Waals surface area contributed by atoms with Crippen LogP contribution in [0, 0.1) is 6.92 Å². The second kappa shape index (κ2) is 12.4. The van der Waals surface area contributed by atoms with E-state index in [1.165, 1.54) is 31.4 Å². The second-order valence-corrected chi connectivity index (χ2v) is 11.4. The van der Waals surface area contributed by atoms with Gasteiger partial charge in [0.1, 0.15) is 10.5 Å². The number of nitrogens with zero attached hydrogens (tertiary/aromatic N) is 2. The summed E-state index contributed by atoms with van der Waals surface area (Å²) >= 11 is 0. The van der Waals surface area contributed by atoms with Crippen LogP contribution in [0.3, 0.4) is 0 Å². The van der Waals surface area contributed by atoms with Gasteiger partial charge in [-0.3, -0.25) is 9.59 Å². The van der Waals surface area contributed by atoms with Crippen molar-refractivity contribution in [2.24, 2.45) is 0 Å². The van der Waals surface area contributed by atoms with Gasteiger partial charge in [0, 0.05) is 5.56 Å². The maximum absolute atomic E-state index is 13.8. The van der Waals surface area contributed by atoms with Gasteiger partial charge in [0.25, 0.3) is 11.8 Å². The molecule has 0 atom stereocenters. The average Bonchev–Trinajstić information content (AvgIpc) is 3.01. The lowest BCUT2D eigenvalue weighted by molar-refractivity contribution is -0.121. The van der Waals surface area contributed by atoms with Gasteiger partial charge in [-0.05, 0) is 73.5 Å². The minimum Gasteiger partial charge on any atom is -0.493 e. The third-order valence-electron chi connectivity index (χ3n) is 6.83. The first-order valence-electron chi connectivity index (χ1n) is 13.5. The Kier molecular flexibility index (Phi) is 8.45. The number of carbonyl (C=O) groups is 3. The smallest absolute Gasteiger partial charge is 0.343 e. The van der Waals surface area contributed by atoms with E-state index in [-0.39, 0.29) is 39.8 Å². The van der Waals surface area contributed by atoms with E-state index in [0.717, 1.165) is 15.4 Å². The van der Waals surface area contributed by atoms with Crippen molar-refractivity contribution in [3.05, 3.63) is 132 Å². The molecule has 4 amide bonds. The van der Waals surface area contributed by atoms with Crippen LogP contribution < -0.4 is 18.7 Å². The molecular formula is C34H28N2O7S. The van der Waals surface area contributed by atoms with E-state index >= 15 is 0 Å². The molecule has 1 aliphatic heterocycles. The predicted molar refractivity (Wildman–Crippen MR) is 167 cm³/mol. The summed E-state index contributed by atoms with van der Waals surface area (Å²) in [5.74, 6) is -1.63. The van der Waals surface area contributed by atoms with E-state index in [9.17, 15) is 22.8 Å². The summed E-state index contributed by atoms with van der Waals surface area (Å²) in [5, 5.41) is 0. The van der Waals surface area contributed by atoms with Gasteiger partial charge in [-0.2, -0.15) is 8.42 Å². The number of hydrogen-bond acceptors (Lipinski definition) is 7. The maximum Gasteiger partial charge on any atom is 0.343 e. The van der Waals surface area contributed by atoms with Gasteiger partial charge in [0.15, 0.2) is 11.5 Å². The van der Waals surface area contributed by atoms with Crippen LogP contribution in [-0.2, 0) is 26.1 Å². The number of urea groups is 1. The van der Waals surface area contributed by atoms with Gasteiger partial charge < -0.3 is 8.92 Å². The molecule has 9 nitrogen and oxygen atoms in total. The number of ether oxygens (including phenoxy) is 1. The number of hydrogen-bond donors (Lipinski definition) is 0. The van der Waals surface area contributed by atoms with Crippen LogP contribution in [0.15, 0.2) is 120 Å². The molecule has 0 aliphatic carbocycles. The summed E-state index contributed by atoms with van der Waals surface area (Å²) in [6, 6.07) is 25.0. The number of imide groups is 2. The number of barbiturate groups is 1. The number of benzene rings is 4. The monoisotopic (exact) mass is 608 g/mol. The first-order valence-corrected chi connectivity index (χ1v) is 14.9. The number of aryl methyl sites for hydroxylation is 1. The summed E-state index contributed by atoms with van der Waals surface area (Å²) in [4.78, 5) is 42.9. The fourth-order valence-corrected chi connectivity index (χ4v) is 5.66. The van der Waals surface area contributed by atoms with E-state index in [1.54, 1.807) is 84.9 Å². The predicted octanol–water partition coefficient (Wildman–Crippen LogP) is 6.08. The number of carbonyl (C=O) groups excluding carboxylic acids is 3. The van der Waals surface area contributed by atoms with Crippen LogP contribution in [0.4, 0.5) is 16.2 Å². The zero-order valence-electron chi connectivity index (χ0n) is 24.0. The molecule has 0 unspecified atom stereocenters. The molecule has 0 spiro atoms. The topological polar surface area (TPSA) is 110 Å². The van der Waals surface area contributed by atoms with E-state index in [1.807, 2.05) is 6.92 Å². The molecule has 5 rings (SSSR count). The summed E-state index contributed by atoms with van der Waals surface area (Å²) < 4.78 is 37.4. The zero-order valence-corrected chi connectivity index (χ0v) is 24.8. The Morgan fingerprint density at radius 2 is 1.34 bits per heavy atom. The summed E-state index contributed by atoms with van der Waals surface area (Å²) in [7, 11) is -2.89. The molecule has 44 heavy (non-hydrogen) atoms. The van der Waals surface area contributed by atoms with Crippen LogP contribution in [-0.4, -0.2) is 33.4 Å². The van der Waals surface area contributed by atoms with Gasteiger partial charge in [-0.15, -0.1) is 6.58 Å². The summed E-state index contributed by atoms with van der Waals surface area (Å²) in [6.45, 7) is 5.60. The number of anilines is 2. The summed E-state index contributed by atoms with van der Waals surface area (Å²) in [6.07, 6.45) is 3.08. The first-order chi connectivity index (χ1) is 21.1. The van der Waals surface area contributed by atoms with Crippen LogP contribution in [0.1, 0.15) is 16.7 Å². The van der Waals surface area contributed by atoms with Gasteiger partial charge in [-0.25, -0.2) is 14.6 Å². The third-order valence-corrected chi connectivity index (χ3v) is 8.07. The van der Waals surface area contributed by atoms with Crippen LogP contribution in [0.25, 0.3) is 6.08 Å². The number of rotatable bonds is 9. The van der Waals surface area contributed by atoms with Gasteiger partial charge >= 0.3 is 16.1 Å². The van der Waals surface area contributed by atoms with Gasteiger partial charge in [0.05, 0.1) is 18.5 Å². The third kappa shape index (κ3) is 5.88. The van der Waals surface area contributed by atoms with Crippen molar-refractivity contribution in [1.29, 1.82) is 0 Å². The molecule has 222 valence electrons. The van der Waals surface area contributed by atoms with Crippen LogP contribution >= 0.6 is 0 Å². The lowest BCUT2D eigenvalue weighted by Gasteiger charge is -2.34. The highest BCUT2D eigenvalue weighted by molar-refractivity contribution is 7.87. The van der Waals surface area contributed by atoms with E-state index in [0.29, 0.717) is 11.1 Å². The second-order valence-electron chi connectivity index (χ2n) is 9.85. The first kappa shape index (κ1) is 30.0. The molecule has 1 aliphatic rings. The highest BCUT2D eigenvalue weighted by atomic mass is 32.2. The Hall–Kier alpha value is -5.48. The number of allylic oxidation sites excluding steroid dienone is 1. The molecule has 10 heteroatoms. The van der Waals surface area contributed by atoms with Gasteiger partial charge in [0.2, 0.25) is 0 Å². The molecule has 0 N–H and O–H groups in total. The van der Waals surface area contributed by atoms with Crippen molar-refractivity contribution in [1.82, 2.24) is 0 Å². The van der Waals surface area contributed by atoms with Crippen molar-refractivity contribution in [2.45, 2.75) is 18.2 Å². The maximum atomic E-state index is 13.8. The van der Waals surface area contributed by atoms with E-state index in [4.69, 9.17) is 8.92 Å². The Balaban J connectivity index is 1.62. The Bertz CT molecular complexity index is 1820. The lowest BCUT2D eigenvalue weighted by Crippen LogP contribution is -2.57. The van der Waals surface area contributed by atoms with Gasteiger partial charge in [-0.1, -0.05) is 60.2 Å². The molecule has 0 saturated carbocycles. The van der Waals surface area contributed by atoms with E-state index in [2.05, 4.69) is 6.58 Å². The molecule has 0 bridgehead atoms. The fourth-order valence-electron chi connectivity index (χ4n) is 4.69. The lowest BCUT2D eigenvalue weighted by atomic mass is 10.0. The molecule has 4 aromatic rings. The Morgan fingerprint density at radius 3 is 1.84 bits per heavy atom. The van der Waals surface area contributed by atoms with Crippen molar-refractivity contribution in [2.75, 3.05) is 16.9 Å². The highest BCUT2D eigenvalue weighted by Gasteiger charge is 2.43. The van der Waals surface area contributed by atoms with Crippen molar-refractivity contribution < 1.29 is 31.7 Å². The molecule has 1 heterocycles. The largest absolute Gasteiger partial charge is 0.493 e. The molecular weight excluding hydrogens is 580 g/mol. The minimum atomic E-state index is -4.23. The van der Waals surface area contributed by atoms with Crippen molar-refractivity contribution in [3.8, 4) is 11.5 Å². The fraction of sp³-hybridized carbons (Fsp3) is 0.0882. The molecule has 4 aromatic carbocycles. The summed E-state index contributed by atoms with van der Waals surface area (Å²) in [5.41, 5.74) is 1.90. The molecule has 1 saturated heterocycles.